The van der Waals surface area contributed by atoms with E-state index in [0.29, 0.717) is 5.69 Å². The highest BCUT2D eigenvalue weighted by Crippen LogP contribution is 2.27. The lowest BCUT2D eigenvalue weighted by molar-refractivity contribution is -0.180. The molecule has 1 aromatic carbocycles. The SMILES string of the molecule is Nc1cccc(N2CCN(C(=O)C(F)(F)C(F)F)CC2)c1. The normalized spacial score (nSPS) is 16.4. The van der Waals surface area contributed by atoms with Crippen molar-refractivity contribution in [2.24, 2.45) is 0 Å². The summed E-state index contributed by atoms with van der Waals surface area (Å²) in [6, 6.07) is 7.01. The van der Waals surface area contributed by atoms with Gasteiger partial charge in [0.15, 0.2) is 0 Å². The largest absolute Gasteiger partial charge is 0.399 e. The van der Waals surface area contributed by atoms with Crippen LogP contribution in [0.2, 0.25) is 0 Å². The topological polar surface area (TPSA) is 49.6 Å². The van der Waals surface area contributed by atoms with Gasteiger partial charge in [-0.25, -0.2) is 8.78 Å². The molecule has 0 spiro atoms. The summed E-state index contributed by atoms with van der Waals surface area (Å²) in [5, 5.41) is 0. The Hall–Kier alpha value is -1.99. The lowest BCUT2D eigenvalue weighted by Crippen LogP contribution is -2.55. The molecular formula is C13H15F4N3O. The zero-order chi connectivity index (χ0) is 15.6. The molecule has 8 heteroatoms. The first-order valence-corrected chi connectivity index (χ1v) is 6.38. The standard InChI is InChI=1S/C13H15F4N3O/c14-11(15)13(16,17)12(21)20-6-4-19(5-7-20)10-3-1-2-9(18)8-10/h1-3,8,11H,4-7,18H2. The van der Waals surface area contributed by atoms with Crippen LogP contribution in [0.4, 0.5) is 28.9 Å². The molecule has 21 heavy (non-hydrogen) atoms. The number of hydrogen-bond acceptors (Lipinski definition) is 3. The third-order valence-electron chi connectivity index (χ3n) is 3.36. The van der Waals surface area contributed by atoms with Crippen molar-refractivity contribution < 1.29 is 22.4 Å². The van der Waals surface area contributed by atoms with E-state index in [1.165, 1.54) is 0 Å². The van der Waals surface area contributed by atoms with Crippen LogP contribution in [-0.2, 0) is 4.79 Å². The second-order valence-electron chi connectivity index (χ2n) is 4.80. The number of nitrogens with two attached hydrogens (primary N) is 1. The van der Waals surface area contributed by atoms with Crippen LogP contribution in [0.1, 0.15) is 0 Å². The maximum Gasteiger partial charge on any atom is 0.383 e. The summed E-state index contributed by atoms with van der Waals surface area (Å²) in [5.74, 6) is -6.44. The van der Waals surface area contributed by atoms with Crippen LogP contribution >= 0.6 is 0 Å². The molecule has 2 N–H and O–H groups in total. The van der Waals surface area contributed by atoms with Crippen LogP contribution in [0, 0.1) is 0 Å². The monoisotopic (exact) mass is 305 g/mol. The molecule has 1 aromatic rings. The molecule has 1 aliphatic heterocycles. The van der Waals surface area contributed by atoms with Gasteiger partial charge in [0.1, 0.15) is 0 Å². The summed E-state index contributed by atoms with van der Waals surface area (Å²) in [6.07, 6.45) is -3.99. The summed E-state index contributed by atoms with van der Waals surface area (Å²) in [7, 11) is 0. The van der Waals surface area contributed by atoms with Gasteiger partial charge in [-0.05, 0) is 18.2 Å². The highest BCUT2D eigenvalue weighted by Gasteiger charge is 2.51. The van der Waals surface area contributed by atoms with E-state index >= 15 is 0 Å². The number of rotatable bonds is 3. The molecule has 0 aliphatic carbocycles. The molecule has 2 rings (SSSR count). The van der Waals surface area contributed by atoms with Gasteiger partial charge in [0, 0.05) is 37.6 Å². The van der Waals surface area contributed by atoms with E-state index in [1.54, 1.807) is 18.2 Å². The van der Waals surface area contributed by atoms with Gasteiger partial charge in [-0.1, -0.05) is 6.07 Å². The molecule has 1 amide bonds. The average Bonchev–Trinajstić information content (AvgIpc) is 2.46. The van der Waals surface area contributed by atoms with Crippen LogP contribution in [0.25, 0.3) is 0 Å². The van der Waals surface area contributed by atoms with E-state index in [2.05, 4.69) is 0 Å². The number of halogens is 4. The number of hydrogen-bond donors (Lipinski definition) is 1. The van der Waals surface area contributed by atoms with Gasteiger partial charge in [0.25, 0.3) is 5.91 Å². The number of nitrogen functional groups attached to an aromatic ring is 1. The van der Waals surface area contributed by atoms with Crippen molar-refractivity contribution in [3.63, 3.8) is 0 Å². The Morgan fingerprint density at radius 2 is 1.81 bits per heavy atom. The fraction of sp³-hybridized carbons (Fsp3) is 0.462. The Labute approximate surface area is 119 Å². The predicted octanol–water partition coefficient (Wildman–Crippen LogP) is 1.82. The number of amides is 1. The van der Waals surface area contributed by atoms with Gasteiger partial charge in [-0.3, -0.25) is 4.79 Å². The smallest absolute Gasteiger partial charge is 0.383 e. The van der Waals surface area contributed by atoms with Gasteiger partial charge in [0.2, 0.25) is 0 Å². The molecule has 0 radical (unpaired) electrons. The fourth-order valence-corrected chi connectivity index (χ4v) is 2.19. The van der Waals surface area contributed by atoms with Crippen LogP contribution in [-0.4, -0.2) is 49.3 Å². The second kappa shape index (κ2) is 5.79. The van der Waals surface area contributed by atoms with Gasteiger partial charge in [-0.15, -0.1) is 0 Å². The number of nitrogens with zero attached hydrogens (tertiary/aromatic N) is 2. The fourth-order valence-electron chi connectivity index (χ4n) is 2.19. The van der Waals surface area contributed by atoms with E-state index in [4.69, 9.17) is 5.73 Å². The Kier molecular flexibility index (Phi) is 4.24. The second-order valence-corrected chi connectivity index (χ2v) is 4.80. The highest BCUT2D eigenvalue weighted by atomic mass is 19.3. The third-order valence-corrected chi connectivity index (χ3v) is 3.36. The van der Waals surface area contributed by atoms with Gasteiger partial charge < -0.3 is 15.5 Å². The van der Waals surface area contributed by atoms with E-state index in [0.717, 1.165) is 10.6 Å². The lowest BCUT2D eigenvalue weighted by Gasteiger charge is -2.37. The predicted molar refractivity (Wildman–Crippen MR) is 70.6 cm³/mol. The van der Waals surface area contributed by atoms with E-state index in [-0.39, 0.29) is 26.2 Å². The molecule has 0 atom stereocenters. The Bertz CT molecular complexity index is 516. The lowest BCUT2D eigenvalue weighted by atomic mass is 10.2. The summed E-state index contributed by atoms with van der Waals surface area (Å²) in [6.45, 7) is 0.509. The number of benzene rings is 1. The minimum Gasteiger partial charge on any atom is -0.399 e. The molecule has 1 aliphatic rings. The summed E-state index contributed by atoms with van der Waals surface area (Å²) in [4.78, 5) is 14.1. The molecule has 1 heterocycles. The molecule has 0 saturated carbocycles. The van der Waals surface area contributed by atoms with Gasteiger partial charge in [0.05, 0.1) is 0 Å². The molecule has 116 valence electrons. The van der Waals surface area contributed by atoms with E-state index < -0.39 is 18.3 Å². The van der Waals surface area contributed by atoms with Crippen molar-refractivity contribution in [1.82, 2.24) is 4.90 Å². The van der Waals surface area contributed by atoms with Crippen molar-refractivity contribution in [2.45, 2.75) is 12.3 Å². The molecule has 0 unspecified atom stereocenters. The molecule has 4 nitrogen and oxygen atoms in total. The molecule has 1 saturated heterocycles. The number of piperazine rings is 1. The first-order chi connectivity index (χ1) is 9.82. The van der Waals surface area contributed by atoms with Gasteiger partial charge in [-0.2, -0.15) is 8.78 Å². The van der Waals surface area contributed by atoms with Crippen LogP contribution < -0.4 is 10.6 Å². The Balaban J connectivity index is 1.99. The maximum atomic E-state index is 13.0. The minimum atomic E-state index is -4.63. The summed E-state index contributed by atoms with van der Waals surface area (Å²) < 4.78 is 50.4. The molecule has 1 fully saturated rings. The quantitative estimate of drug-likeness (QED) is 0.684. The highest BCUT2D eigenvalue weighted by molar-refractivity contribution is 5.84. The summed E-state index contributed by atoms with van der Waals surface area (Å²) in [5.41, 5.74) is 7.03. The van der Waals surface area contributed by atoms with E-state index in [9.17, 15) is 22.4 Å². The van der Waals surface area contributed by atoms with Crippen LogP contribution in [0.5, 0.6) is 0 Å². The first kappa shape index (κ1) is 15.4. The van der Waals surface area contributed by atoms with Crippen molar-refractivity contribution in [1.29, 1.82) is 0 Å². The zero-order valence-corrected chi connectivity index (χ0v) is 11.1. The van der Waals surface area contributed by atoms with Crippen molar-refractivity contribution in [3.8, 4) is 0 Å². The van der Waals surface area contributed by atoms with Gasteiger partial charge >= 0.3 is 12.3 Å². The van der Waals surface area contributed by atoms with E-state index in [1.807, 2.05) is 11.0 Å². The minimum absolute atomic E-state index is 0.0318. The molecular weight excluding hydrogens is 290 g/mol. The summed E-state index contributed by atoms with van der Waals surface area (Å²) >= 11 is 0. The number of carbonyl (C=O) groups is 1. The van der Waals surface area contributed by atoms with Crippen LogP contribution in [0.15, 0.2) is 24.3 Å². The van der Waals surface area contributed by atoms with Crippen molar-refractivity contribution >= 4 is 17.3 Å². The van der Waals surface area contributed by atoms with Crippen molar-refractivity contribution in [3.05, 3.63) is 24.3 Å². The maximum absolute atomic E-state index is 13.0. The average molecular weight is 305 g/mol. The third kappa shape index (κ3) is 3.20. The number of alkyl halides is 4. The first-order valence-electron chi connectivity index (χ1n) is 6.38. The number of anilines is 2. The van der Waals surface area contributed by atoms with Crippen molar-refractivity contribution in [2.75, 3.05) is 36.8 Å². The Morgan fingerprint density at radius 3 is 2.33 bits per heavy atom. The van der Waals surface area contributed by atoms with Crippen LogP contribution in [0.3, 0.4) is 0 Å². The molecule has 0 bridgehead atoms. The molecule has 0 aromatic heterocycles. The Morgan fingerprint density at radius 1 is 1.19 bits per heavy atom. The zero-order valence-electron chi connectivity index (χ0n) is 11.1. The number of carbonyl (C=O) groups excluding carboxylic acids is 1.